The summed E-state index contributed by atoms with van der Waals surface area (Å²) in [7, 11) is 1.48. The van der Waals surface area contributed by atoms with Crippen LogP contribution in [0.2, 0.25) is 5.02 Å². The molecule has 0 heterocycles. The second-order valence-electron chi connectivity index (χ2n) is 7.16. The van der Waals surface area contributed by atoms with Crippen LogP contribution in [0.4, 0.5) is 5.69 Å². The van der Waals surface area contributed by atoms with Crippen molar-refractivity contribution >= 4 is 29.1 Å². The molecule has 2 aromatic carbocycles. The molecule has 0 aromatic heterocycles. The van der Waals surface area contributed by atoms with Crippen LogP contribution in [0.5, 0.6) is 11.5 Å². The Kier molecular flexibility index (Phi) is 6.91. The van der Waals surface area contributed by atoms with Crippen molar-refractivity contribution in [1.82, 2.24) is 5.32 Å². The summed E-state index contributed by atoms with van der Waals surface area (Å²) in [6, 6.07) is 9.74. The maximum Gasteiger partial charge on any atom is 0.255 e. The summed E-state index contributed by atoms with van der Waals surface area (Å²) in [5, 5.41) is 5.96. The molecule has 0 saturated heterocycles. The molecule has 2 amide bonds. The first-order valence-corrected chi connectivity index (χ1v) is 9.26. The highest BCUT2D eigenvalue weighted by molar-refractivity contribution is 6.32. The molecular formula is C21H25ClN2O4. The minimum atomic E-state index is -0.352. The molecule has 0 aliphatic carbocycles. The monoisotopic (exact) mass is 404 g/mol. The van der Waals surface area contributed by atoms with Crippen LogP contribution < -0.4 is 20.1 Å². The normalized spacial score (nSPS) is 10.9. The quantitative estimate of drug-likeness (QED) is 0.741. The summed E-state index contributed by atoms with van der Waals surface area (Å²) in [6.45, 7) is 8.00. The molecule has 2 rings (SSSR count). The number of amides is 2. The average Bonchev–Trinajstić information content (AvgIpc) is 2.62. The van der Waals surface area contributed by atoms with E-state index >= 15 is 0 Å². The van der Waals surface area contributed by atoms with Crippen molar-refractivity contribution in [3.8, 4) is 11.5 Å². The molecule has 2 N–H and O–H groups in total. The van der Waals surface area contributed by atoms with Crippen molar-refractivity contribution in [2.45, 2.75) is 33.2 Å². The van der Waals surface area contributed by atoms with Gasteiger partial charge in [-0.05, 0) is 64.1 Å². The van der Waals surface area contributed by atoms with E-state index in [1.54, 1.807) is 30.3 Å². The Labute approximate surface area is 170 Å². The molecule has 0 aliphatic rings. The van der Waals surface area contributed by atoms with Crippen molar-refractivity contribution in [3.05, 3.63) is 52.5 Å². The molecule has 0 saturated carbocycles. The number of methoxy groups -OCH3 is 1. The largest absolute Gasteiger partial charge is 0.493 e. The number of nitrogens with one attached hydrogen (secondary N) is 2. The van der Waals surface area contributed by atoms with Crippen LogP contribution in [0.1, 0.15) is 48.4 Å². The summed E-state index contributed by atoms with van der Waals surface area (Å²) in [5.74, 6) is 0.259. The highest BCUT2D eigenvalue weighted by Gasteiger charge is 2.17. The van der Waals surface area contributed by atoms with Gasteiger partial charge in [0.25, 0.3) is 11.8 Å². The second-order valence-corrected chi connectivity index (χ2v) is 7.57. The van der Waals surface area contributed by atoms with E-state index in [0.717, 1.165) is 0 Å². The first-order valence-electron chi connectivity index (χ1n) is 8.89. The van der Waals surface area contributed by atoms with Crippen molar-refractivity contribution < 1.29 is 19.1 Å². The standard InChI is InChI=1S/C21H25ClN2O4/c1-6-28-18-16(22)11-14(12-17(18)27-5)19(25)23-15-9-7-13(8-10-15)20(26)24-21(2,3)4/h7-12H,6H2,1-5H3,(H,23,25)(H,24,26). The van der Waals surface area contributed by atoms with Crippen LogP contribution in [0.25, 0.3) is 0 Å². The van der Waals surface area contributed by atoms with Crippen LogP contribution in [-0.2, 0) is 0 Å². The van der Waals surface area contributed by atoms with E-state index in [1.807, 2.05) is 27.7 Å². The molecule has 2 aromatic rings. The highest BCUT2D eigenvalue weighted by Crippen LogP contribution is 2.36. The third-order valence-corrected chi connectivity index (χ3v) is 3.95. The van der Waals surface area contributed by atoms with Gasteiger partial charge in [0.2, 0.25) is 0 Å². The summed E-state index contributed by atoms with van der Waals surface area (Å²) in [4.78, 5) is 24.7. The maximum atomic E-state index is 12.6. The van der Waals surface area contributed by atoms with Gasteiger partial charge >= 0.3 is 0 Å². The fraction of sp³-hybridized carbons (Fsp3) is 0.333. The minimum absolute atomic E-state index is 0.173. The molecule has 0 radical (unpaired) electrons. The zero-order valence-electron chi connectivity index (χ0n) is 16.7. The van der Waals surface area contributed by atoms with Crippen molar-refractivity contribution in [3.63, 3.8) is 0 Å². The first kappa shape index (κ1) is 21.6. The SMILES string of the molecule is CCOc1c(Cl)cc(C(=O)Nc2ccc(C(=O)NC(C)(C)C)cc2)cc1OC. The van der Waals surface area contributed by atoms with Crippen LogP contribution in [0.3, 0.4) is 0 Å². The molecule has 0 atom stereocenters. The lowest BCUT2D eigenvalue weighted by atomic mass is 10.1. The summed E-state index contributed by atoms with van der Waals surface area (Å²) < 4.78 is 10.7. The fourth-order valence-corrected chi connectivity index (χ4v) is 2.72. The maximum absolute atomic E-state index is 12.6. The molecule has 7 heteroatoms. The number of benzene rings is 2. The Morgan fingerprint density at radius 3 is 2.21 bits per heavy atom. The lowest BCUT2D eigenvalue weighted by Gasteiger charge is -2.20. The minimum Gasteiger partial charge on any atom is -0.493 e. The zero-order valence-corrected chi connectivity index (χ0v) is 17.4. The van der Waals surface area contributed by atoms with E-state index in [9.17, 15) is 9.59 Å². The number of hydrogen-bond donors (Lipinski definition) is 2. The molecule has 150 valence electrons. The molecule has 0 spiro atoms. The predicted octanol–water partition coefficient (Wildman–Crippen LogP) is 4.53. The lowest BCUT2D eigenvalue weighted by molar-refractivity contribution is 0.0919. The van der Waals surface area contributed by atoms with Crippen molar-refractivity contribution in [2.24, 2.45) is 0 Å². The van der Waals surface area contributed by atoms with Gasteiger partial charge in [0, 0.05) is 22.4 Å². The molecule has 28 heavy (non-hydrogen) atoms. The van der Waals surface area contributed by atoms with Gasteiger partial charge in [-0.1, -0.05) is 11.6 Å². The third kappa shape index (κ3) is 5.63. The Hall–Kier alpha value is -2.73. The van der Waals surface area contributed by atoms with Crippen molar-refractivity contribution in [2.75, 3.05) is 19.0 Å². The Morgan fingerprint density at radius 1 is 1.04 bits per heavy atom. The van der Waals surface area contributed by atoms with Gasteiger partial charge < -0.3 is 20.1 Å². The highest BCUT2D eigenvalue weighted by atomic mass is 35.5. The van der Waals surface area contributed by atoms with Crippen LogP contribution in [0, 0.1) is 0 Å². The van der Waals surface area contributed by atoms with Gasteiger partial charge in [0.1, 0.15) is 0 Å². The fourth-order valence-electron chi connectivity index (χ4n) is 2.46. The number of anilines is 1. The molecule has 0 aliphatic heterocycles. The predicted molar refractivity (Wildman–Crippen MR) is 111 cm³/mol. The Balaban J connectivity index is 2.15. The van der Waals surface area contributed by atoms with Gasteiger partial charge in [-0.25, -0.2) is 0 Å². The summed E-state index contributed by atoms with van der Waals surface area (Å²) in [6.07, 6.45) is 0. The number of hydrogen-bond acceptors (Lipinski definition) is 4. The van der Waals surface area contributed by atoms with Crippen LogP contribution >= 0.6 is 11.6 Å². The number of ether oxygens (including phenoxy) is 2. The number of rotatable bonds is 6. The van der Waals surface area contributed by atoms with Gasteiger partial charge in [0.05, 0.1) is 18.7 Å². The van der Waals surface area contributed by atoms with Gasteiger partial charge in [-0.15, -0.1) is 0 Å². The summed E-state index contributed by atoms with van der Waals surface area (Å²) in [5.41, 5.74) is 1.08. The lowest BCUT2D eigenvalue weighted by Crippen LogP contribution is -2.40. The van der Waals surface area contributed by atoms with Gasteiger partial charge in [0.15, 0.2) is 11.5 Å². The zero-order chi connectivity index (χ0) is 20.9. The van der Waals surface area contributed by atoms with E-state index in [0.29, 0.717) is 39.9 Å². The Bertz CT molecular complexity index is 858. The van der Waals surface area contributed by atoms with E-state index in [4.69, 9.17) is 21.1 Å². The Morgan fingerprint density at radius 2 is 1.68 bits per heavy atom. The van der Waals surface area contributed by atoms with E-state index in [2.05, 4.69) is 10.6 Å². The van der Waals surface area contributed by atoms with Gasteiger partial charge in [-0.2, -0.15) is 0 Å². The smallest absolute Gasteiger partial charge is 0.255 e. The van der Waals surface area contributed by atoms with Gasteiger partial charge in [-0.3, -0.25) is 9.59 Å². The topological polar surface area (TPSA) is 76.7 Å². The summed E-state index contributed by atoms with van der Waals surface area (Å²) >= 11 is 6.22. The molecule has 0 fully saturated rings. The average molecular weight is 405 g/mol. The van der Waals surface area contributed by atoms with Crippen LogP contribution in [0.15, 0.2) is 36.4 Å². The number of carbonyl (C=O) groups is 2. The van der Waals surface area contributed by atoms with Crippen molar-refractivity contribution in [1.29, 1.82) is 0 Å². The number of carbonyl (C=O) groups excluding carboxylic acids is 2. The molecule has 0 bridgehead atoms. The number of halogens is 1. The van der Waals surface area contributed by atoms with E-state index in [1.165, 1.54) is 13.2 Å². The van der Waals surface area contributed by atoms with E-state index in [-0.39, 0.29) is 17.4 Å². The first-order chi connectivity index (χ1) is 13.1. The third-order valence-electron chi connectivity index (χ3n) is 3.67. The molecule has 0 unspecified atom stereocenters. The second kappa shape index (κ2) is 8.97. The van der Waals surface area contributed by atoms with E-state index < -0.39 is 0 Å². The molecular weight excluding hydrogens is 380 g/mol. The van der Waals surface area contributed by atoms with Crippen LogP contribution in [-0.4, -0.2) is 31.1 Å². The molecule has 6 nitrogen and oxygen atoms in total.